The molecule has 98 valence electrons. The highest BCUT2D eigenvalue weighted by atomic mass is 16.2. The number of benzene rings is 1. The minimum absolute atomic E-state index is 0.0939. The van der Waals surface area contributed by atoms with E-state index >= 15 is 0 Å². The Morgan fingerprint density at radius 1 is 1.44 bits per heavy atom. The summed E-state index contributed by atoms with van der Waals surface area (Å²) in [7, 11) is 0. The van der Waals surface area contributed by atoms with E-state index in [0.29, 0.717) is 12.5 Å². The summed E-state index contributed by atoms with van der Waals surface area (Å²) < 4.78 is 0. The summed E-state index contributed by atoms with van der Waals surface area (Å²) in [6.07, 6.45) is 1.96. The summed E-state index contributed by atoms with van der Waals surface area (Å²) in [5.74, 6) is 0.457. The monoisotopic (exact) mass is 247 g/mol. The average molecular weight is 247 g/mol. The Hall–Kier alpha value is -1.71. The van der Waals surface area contributed by atoms with Crippen LogP contribution in [0.1, 0.15) is 32.3 Å². The minimum Gasteiger partial charge on any atom is -0.399 e. The van der Waals surface area contributed by atoms with Crippen LogP contribution in [0.5, 0.6) is 0 Å². The van der Waals surface area contributed by atoms with Crippen molar-refractivity contribution in [1.82, 2.24) is 10.6 Å². The van der Waals surface area contributed by atoms with Crippen LogP contribution in [0.2, 0.25) is 0 Å². The van der Waals surface area contributed by atoms with Gasteiger partial charge in [-0.1, -0.05) is 26.0 Å². The molecule has 2 amide bonds. The van der Waals surface area contributed by atoms with E-state index in [-0.39, 0.29) is 11.6 Å². The summed E-state index contributed by atoms with van der Waals surface area (Å²) >= 11 is 0. The number of amides is 2. The Morgan fingerprint density at radius 2 is 2.17 bits per heavy atom. The van der Waals surface area contributed by atoms with Crippen molar-refractivity contribution < 1.29 is 4.79 Å². The van der Waals surface area contributed by atoms with Crippen LogP contribution in [0.4, 0.5) is 10.5 Å². The lowest BCUT2D eigenvalue weighted by atomic mass is 10.0. The van der Waals surface area contributed by atoms with Gasteiger partial charge in [-0.3, -0.25) is 0 Å². The molecule has 0 saturated heterocycles. The van der Waals surface area contributed by atoms with E-state index in [2.05, 4.69) is 24.5 Å². The molecule has 0 aromatic heterocycles. The van der Waals surface area contributed by atoms with Gasteiger partial charge in [0.05, 0.1) is 5.54 Å². The van der Waals surface area contributed by atoms with Crippen LogP contribution in [0.3, 0.4) is 0 Å². The van der Waals surface area contributed by atoms with E-state index < -0.39 is 0 Å². The molecule has 0 radical (unpaired) electrons. The van der Waals surface area contributed by atoms with Crippen molar-refractivity contribution in [2.24, 2.45) is 5.92 Å². The molecule has 1 aromatic rings. The maximum Gasteiger partial charge on any atom is 0.315 e. The number of nitrogens with two attached hydrogens (primary N) is 1. The first-order valence-electron chi connectivity index (χ1n) is 6.44. The first kappa shape index (κ1) is 12.7. The highest BCUT2D eigenvalue weighted by molar-refractivity contribution is 5.75. The van der Waals surface area contributed by atoms with Gasteiger partial charge in [0, 0.05) is 12.2 Å². The average Bonchev–Trinajstić information content (AvgIpc) is 3.07. The second-order valence-electron chi connectivity index (χ2n) is 5.44. The van der Waals surface area contributed by atoms with Crippen LogP contribution in [0, 0.1) is 5.92 Å². The Kier molecular flexibility index (Phi) is 3.45. The molecule has 0 atom stereocenters. The molecular formula is C14H21N3O. The molecule has 0 aliphatic heterocycles. The zero-order valence-electron chi connectivity index (χ0n) is 11.0. The summed E-state index contributed by atoms with van der Waals surface area (Å²) in [5, 5.41) is 5.94. The third kappa shape index (κ3) is 2.94. The Balaban J connectivity index is 1.98. The van der Waals surface area contributed by atoms with Gasteiger partial charge in [-0.2, -0.15) is 0 Å². The van der Waals surface area contributed by atoms with Crippen molar-refractivity contribution in [3.63, 3.8) is 0 Å². The maximum atomic E-state index is 11.8. The molecule has 0 spiro atoms. The fourth-order valence-electron chi connectivity index (χ4n) is 2.01. The van der Waals surface area contributed by atoms with E-state index in [1.807, 2.05) is 24.3 Å². The lowest BCUT2D eigenvalue weighted by molar-refractivity contribution is 0.234. The van der Waals surface area contributed by atoms with Crippen LogP contribution < -0.4 is 16.4 Å². The van der Waals surface area contributed by atoms with Gasteiger partial charge in [0.2, 0.25) is 0 Å². The van der Waals surface area contributed by atoms with Crippen LogP contribution in [-0.4, -0.2) is 12.6 Å². The number of hydrogen-bond donors (Lipinski definition) is 3. The summed E-state index contributed by atoms with van der Waals surface area (Å²) in [6, 6.07) is 7.65. The second kappa shape index (κ2) is 4.88. The summed E-state index contributed by atoms with van der Waals surface area (Å²) in [4.78, 5) is 11.8. The van der Waals surface area contributed by atoms with E-state index in [1.165, 1.54) is 0 Å². The SMILES string of the molecule is CC(C)CNC(=O)NC1(c2cccc(N)c2)CC1. The van der Waals surface area contributed by atoms with Gasteiger partial charge in [-0.25, -0.2) is 4.79 Å². The van der Waals surface area contributed by atoms with Gasteiger partial charge in [0.1, 0.15) is 0 Å². The number of carbonyl (C=O) groups excluding carboxylic acids is 1. The molecule has 0 heterocycles. The van der Waals surface area contributed by atoms with Gasteiger partial charge in [0.15, 0.2) is 0 Å². The summed E-state index contributed by atoms with van der Waals surface area (Å²) in [6.45, 7) is 4.84. The number of carbonyl (C=O) groups is 1. The van der Waals surface area contributed by atoms with Crippen molar-refractivity contribution in [3.05, 3.63) is 29.8 Å². The van der Waals surface area contributed by atoms with Gasteiger partial charge < -0.3 is 16.4 Å². The maximum absolute atomic E-state index is 11.8. The van der Waals surface area contributed by atoms with Crippen molar-refractivity contribution in [3.8, 4) is 0 Å². The minimum atomic E-state index is -0.198. The number of anilines is 1. The standard InChI is InChI=1S/C14H21N3O/c1-10(2)9-16-13(18)17-14(6-7-14)11-4-3-5-12(15)8-11/h3-5,8,10H,6-7,9,15H2,1-2H3,(H2,16,17,18). The fourth-order valence-corrected chi connectivity index (χ4v) is 2.01. The van der Waals surface area contributed by atoms with E-state index in [9.17, 15) is 4.79 Å². The van der Waals surface area contributed by atoms with Crippen molar-refractivity contribution in [2.45, 2.75) is 32.2 Å². The number of nitrogen functional groups attached to an aromatic ring is 1. The molecule has 1 fully saturated rings. The second-order valence-corrected chi connectivity index (χ2v) is 5.44. The Labute approximate surface area is 108 Å². The molecule has 1 aliphatic carbocycles. The highest BCUT2D eigenvalue weighted by Gasteiger charge is 2.45. The van der Waals surface area contributed by atoms with Gasteiger partial charge in [-0.05, 0) is 36.5 Å². The molecule has 4 nitrogen and oxygen atoms in total. The zero-order chi connectivity index (χ0) is 13.2. The molecule has 4 N–H and O–H groups in total. The van der Waals surface area contributed by atoms with Crippen LogP contribution in [0.15, 0.2) is 24.3 Å². The van der Waals surface area contributed by atoms with Crippen molar-refractivity contribution in [2.75, 3.05) is 12.3 Å². The Bertz CT molecular complexity index is 438. The molecule has 4 heteroatoms. The summed E-state index contributed by atoms with van der Waals surface area (Å²) in [5.41, 5.74) is 7.42. The zero-order valence-corrected chi connectivity index (χ0v) is 11.0. The predicted molar refractivity (Wildman–Crippen MR) is 73.1 cm³/mol. The van der Waals surface area contributed by atoms with E-state index in [1.54, 1.807) is 0 Å². The lowest BCUT2D eigenvalue weighted by Crippen LogP contribution is -2.43. The first-order valence-corrected chi connectivity index (χ1v) is 6.44. The number of urea groups is 1. The van der Waals surface area contributed by atoms with Crippen molar-refractivity contribution in [1.29, 1.82) is 0 Å². The topological polar surface area (TPSA) is 67.2 Å². The Morgan fingerprint density at radius 3 is 2.72 bits per heavy atom. The third-order valence-corrected chi connectivity index (χ3v) is 3.21. The molecule has 1 aromatic carbocycles. The van der Waals surface area contributed by atoms with E-state index in [4.69, 9.17) is 5.73 Å². The van der Waals surface area contributed by atoms with Gasteiger partial charge >= 0.3 is 6.03 Å². The predicted octanol–water partition coefficient (Wildman–Crippen LogP) is 2.21. The number of nitrogens with one attached hydrogen (secondary N) is 2. The highest BCUT2D eigenvalue weighted by Crippen LogP contribution is 2.45. The lowest BCUT2D eigenvalue weighted by Gasteiger charge is -2.19. The van der Waals surface area contributed by atoms with Crippen LogP contribution in [-0.2, 0) is 5.54 Å². The smallest absolute Gasteiger partial charge is 0.315 e. The van der Waals surface area contributed by atoms with Gasteiger partial charge in [-0.15, -0.1) is 0 Å². The normalized spacial score (nSPS) is 16.4. The fraction of sp³-hybridized carbons (Fsp3) is 0.500. The first-order chi connectivity index (χ1) is 8.52. The quantitative estimate of drug-likeness (QED) is 0.714. The largest absolute Gasteiger partial charge is 0.399 e. The number of rotatable bonds is 4. The molecule has 0 bridgehead atoms. The molecule has 1 aliphatic rings. The van der Waals surface area contributed by atoms with Crippen LogP contribution in [0.25, 0.3) is 0 Å². The van der Waals surface area contributed by atoms with Crippen LogP contribution >= 0.6 is 0 Å². The van der Waals surface area contributed by atoms with Crippen molar-refractivity contribution >= 4 is 11.7 Å². The molecule has 0 unspecified atom stereocenters. The number of hydrogen-bond acceptors (Lipinski definition) is 2. The molecule has 18 heavy (non-hydrogen) atoms. The molecule has 2 rings (SSSR count). The van der Waals surface area contributed by atoms with Gasteiger partial charge in [0.25, 0.3) is 0 Å². The molecular weight excluding hydrogens is 226 g/mol. The molecule has 1 saturated carbocycles. The van der Waals surface area contributed by atoms with E-state index in [0.717, 1.165) is 24.1 Å². The third-order valence-electron chi connectivity index (χ3n) is 3.21.